The Labute approximate surface area is 118 Å². The van der Waals surface area contributed by atoms with Crippen LogP contribution in [0.25, 0.3) is 0 Å². The standard InChI is InChI=1S/C17H28N2/c1-17(2,18)11-10-14-6-8-15(9-7-14)16-5-4-12-19(3)13-16/h6-9,16H,4-5,10-13,18H2,1-3H3. The Bertz CT molecular complexity index is 389. The van der Waals surface area contributed by atoms with Gasteiger partial charge in [-0.15, -0.1) is 0 Å². The number of rotatable bonds is 4. The Kier molecular flexibility index (Phi) is 4.64. The molecule has 1 aromatic carbocycles. The van der Waals surface area contributed by atoms with Gasteiger partial charge in [0.1, 0.15) is 0 Å². The molecular weight excluding hydrogens is 232 g/mol. The van der Waals surface area contributed by atoms with Crippen molar-refractivity contribution in [1.82, 2.24) is 4.90 Å². The summed E-state index contributed by atoms with van der Waals surface area (Å²) in [6.45, 7) is 6.65. The van der Waals surface area contributed by atoms with Crippen LogP contribution < -0.4 is 5.73 Å². The lowest BCUT2D eigenvalue weighted by Gasteiger charge is -2.30. The molecule has 1 aliphatic rings. The van der Waals surface area contributed by atoms with Gasteiger partial charge in [0.15, 0.2) is 0 Å². The summed E-state index contributed by atoms with van der Waals surface area (Å²) in [5, 5.41) is 0. The number of nitrogens with zero attached hydrogens (tertiary/aromatic N) is 1. The Balaban J connectivity index is 1.94. The van der Waals surface area contributed by atoms with E-state index in [0.29, 0.717) is 0 Å². The number of hydrogen-bond acceptors (Lipinski definition) is 2. The Morgan fingerprint density at radius 1 is 1.26 bits per heavy atom. The highest BCUT2D eigenvalue weighted by atomic mass is 15.1. The van der Waals surface area contributed by atoms with Gasteiger partial charge in [0.25, 0.3) is 0 Å². The molecule has 106 valence electrons. The highest BCUT2D eigenvalue weighted by Crippen LogP contribution is 2.26. The summed E-state index contributed by atoms with van der Waals surface area (Å²) in [6, 6.07) is 9.22. The monoisotopic (exact) mass is 260 g/mol. The second-order valence-corrected chi connectivity index (χ2v) is 6.83. The first-order valence-electron chi connectivity index (χ1n) is 7.50. The normalized spacial score (nSPS) is 21.6. The lowest BCUT2D eigenvalue weighted by atomic mass is 9.89. The van der Waals surface area contributed by atoms with Gasteiger partial charge in [0.05, 0.1) is 0 Å². The van der Waals surface area contributed by atoms with Crippen molar-refractivity contribution in [1.29, 1.82) is 0 Å². The molecule has 2 N–H and O–H groups in total. The quantitative estimate of drug-likeness (QED) is 0.901. The Morgan fingerprint density at radius 2 is 1.95 bits per heavy atom. The van der Waals surface area contributed by atoms with E-state index in [4.69, 9.17) is 5.73 Å². The van der Waals surface area contributed by atoms with Crippen molar-refractivity contribution in [3.05, 3.63) is 35.4 Å². The van der Waals surface area contributed by atoms with Crippen molar-refractivity contribution < 1.29 is 0 Å². The molecule has 1 fully saturated rings. The molecule has 2 rings (SSSR count). The Morgan fingerprint density at radius 3 is 2.53 bits per heavy atom. The van der Waals surface area contributed by atoms with Crippen LogP contribution in [0.1, 0.15) is 50.2 Å². The highest BCUT2D eigenvalue weighted by Gasteiger charge is 2.18. The maximum Gasteiger partial charge on any atom is 0.0100 e. The third-order valence-corrected chi connectivity index (χ3v) is 4.13. The zero-order valence-electron chi connectivity index (χ0n) is 12.7. The summed E-state index contributed by atoms with van der Waals surface area (Å²) in [5.41, 5.74) is 8.89. The molecule has 0 aliphatic carbocycles. The van der Waals surface area contributed by atoms with Crippen LogP contribution in [0.3, 0.4) is 0 Å². The SMILES string of the molecule is CN1CCCC(c2ccc(CCC(C)(C)N)cc2)C1. The van der Waals surface area contributed by atoms with Gasteiger partial charge in [-0.2, -0.15) is 0 Å². The van der Waals surface area contributed by atoms with Crippen molar-refractivity contribution in [3.63, 3.8) is 0 Å². The highest BCUT2D eigenvalue weighted by molar-refractivity contribution is 5.26. The van der Waals surface area contributed by atoms with Gasteiger partial charge in [0, 0.05) is 12.1 Å². The number of benzene rings is 1. The average Bonchev–Trinajstić information content (AvgIpc) is 2.36. The minimum Gasteiger partial charge on any atom is -0.326 e. The topological polar surface area (TPSA) is 29.3 Å². The number of hydrogen-bond donors (Lipinski definition) is 1. The largest absolute Gasteiger partial charge is 0.326 e. The first kappa shape index (κ1) is 14.5. The summed E-state index contributed by atoms with van der Waals surface area (Å²) >= 11 is 0. The molecule has 2 heteroatoms. The van der Waals surface area contributed by atoms with Crippen molar-refractivity contribution in [2.75, 3.05) is 20.1 Å². The maximum atomic E-state index is 6.04. The number of likely N-dealkylation sites (tertiary alicyclic amines) is 1. The molecule has 1 atom stereocenters. The predicted octanol–water partition coefficient (Wildman–Crippen LogP) is 3.17. The first-order valence-corrected chi connectivity index (χ1v) is 7.50. The first-order chi connectivity index (χ1) is 8.94. The number of likely N-dealkylation sites (N-methyl/N-ethyl adjacent to an activating group) is 1. The molecule has 1 aromatic rings. The Hall–Kier alpha value is -0.860. The van der Waals surface area contributed by atoms with E-state index in [2.05, 4.69) is 50.1 Å². The summed E-state index contributed by atoms with van der Waals surface area (Å²) in [7, 11) is 2.23. The van der Waals surface area contributed by atoms with Gasteiger partial charge in [-0.1, -0.05) is 24.3 Å². The van der Waals surface area contributed by atoms with E-state index in [-0.39, 0.29) is 5.54 Å². The minimum absolute atomic E-state index is 0.0647. The molecule has 1 saturated heterocycles. The van der Waals surface area contributed by atoms with E-state index in [1.807, 2.05) is 0 Å². The van der Waals surface area contributed by atoms with Crippen LogP contribution in [0.5, 0.6) is 0 Å². The molecule has 19 heavy (non-hydrogen) atoms. The average molecular weight is 260 g/mol. The van der Waals surface area contributed by atoms with E-state index in [0.717, 1.165) is 18.8 Å². The lowest BCUT2D eigenvalue weighted by molar-refractivity contribution is 0.251. The number of aryl methyl sites for hydroxylation is 1. The van der Waals surface area contributed by atoms with Gasteiger partial charge >= 0.3 is 0 Å². The van der Waals surface area contributed by atoms with E-state index in [1.165, 1.54) is 37.1 Å². The summed E-state index contributed by atoms with van der Waals surface area (Å²) < 4.78 is 0. The van der Waals surface area contributed by atoms with Crippen LogP contribution in [-0.4, -0.2) is 30.6 Å². The molecule has 0 aromatic heterocycles. The molecular formula is C17H28N2. The summed E-state index contributed by atoms with van der Waals surface area (Å²) in [4.78, 5) is 2.44. The van der Waals surface area contributed by atoms with Gasteiger partial charge in [-0.3, -0.25) is 0 Å². The van der Waals surface area contributed by atoms with Crippen LogP contribution in [0.15, 0.2) is 24.3 Å². The fourth-order valence-corrected chi connectivity index (χ4v) is 2.86. The molecule has 1 heterocycles. The smallest absolute Gasteiger partial charge is 0.0100 e. The zero-order chi connectivity index (χ0) is 13.9. The molecule has 0 bridgehead atoms. The third kappa shape index (κ3) is 4.63. The van der Waals surface area contributed by atoms with Gasteiger partial charge < -0.3 is 10.6 Å². The van der Waals surface area contributed by atoms with Crippen molar-refractivity contribution in [2.45, 2.75) is 51.0 Å². The van der Waals surface area contributed by atoms with Crippen LogP contribution >= 0.6 is 0 Å². The van der Waals surface area contributed by atoms with Gasteiger partial charge in [-0.25, -0.2) is 0 Å². The van der Waals surface area contributed by atoms with Crippen molar-refractivity contribution in [2.24, 2.45) is 5.73 Å². The van der Waals surface area contributed by atoms with E-state index < -0.39 is 0 Å². The molecule has 0 amide bonds. The summed E-state index contributed by atoms with van der Waals surface area (Å²) in [6.07, 6.45) is 4.77. The van der Waals surface area contributed by atoms with Crippen molar-refractivity contribution in [3.8, 4) is 0 Å². The lowest BCUT2D eigenvalue weighted by Crippen LogP contribution is -2.32. The zero-order valence-corrected chi connectivity index (χ0v) is 12.7. The van der Waals surface area contributed by atoms with Gasteiger partial charge in [0.2, 0.25) is 0 Å². The molecule has 0 radical (unpaired) electrons. The van der Waals surface area contributed by atoms with Crippen LogP contribution in [0.4, 0.5) is 0 Å². The van der Waals surface area contributed by atoms with Crippen LogP contribution in [-0.2, 0) is 6.42 Å². The van der Waals surface area contributed by atoms with Crippen molar-refractivity contribution >= 4 is 0 Å². The minimum atomic E-state index is -0.0647. The fourth-order valence-electron chi connectivity index (χ4n) is 2.86. The van der Waals surface area contributed by atoms with Gasteiger partial charge in [-0.05, 0) is 70.2 Å². The van der Waals surface area contributed by atoms with E-state index in [1.54, 1.807) is 0 Å². The predicted molar refractivity (Wildman–Crippen MR) is 82.5 cm³/mol. The van der Waals surface area contributed by atoms with E-state index >= 15 is 0 Å². The third-order valence-electron chi connectivity index (χ3n) is 4.13. The second kappa shape index (κ2) is 6.06. The van der Waals surface area contributed by atoms with E-state index in [9.17, 15) is 0 Å². The number of nitrogens with two attached hydrogens (primary N) is 1. The molecule has 1 aliphatic heterocycles. The fraction of sp³-hybridized carbons (Fsp3) is 0.647. The molecule has 0 spiro atoms. The molecule has 0 saturated carbocycles. The van der Waals surface area contributed by atoms with Crippen LogP contribution in [0, 0.1) is 0 Å². The molecule has 2 nitrogen and oxygen atoms in total. The van der Waals surface area contributed by atoms with Crippen LogP contribution in [0.2, 0.25) is 0 Å². The number of piperidine rings is 1. The summed E-state index contributed by atoms with van der Waals surface area (Å²) in [5.74, 6) is 0.721. The molecule has 1 unspecified atom stereocenters. The maximum absolute atomic E-state index is 6.04. The second-order valence-electron chi connectivity index (χ2n) is 6.83.